The second kappa shape index (κ2) is 8.06. The molecule has 6 nitrogen and oxygen atoms in total. The van der Waals surface area contributed by atoms with Crippen LogP contribution in [0.15, 0.2) is 18.2 Å². The van der Waals surface area contributed by atoms with E-state index in [1.54, 1.807) is 14.2 Å². The highest BCUT2D eigenvalue weighted by atomic mass is 16.6. The van der Waals surface area contributed by atoms with Crippen LogP contribution in [0.2, 0.25) is 0 Å². The number of benzene rings is 1. The minimum absolute atomic E-state index is 0.0895. The zero-order chi connectivity index (χ0) is 19.5. The number of nitrogens with zero attached hydrogens (tertiary/aromatic N) is 2. The molecule has 1 aliphatic heterocycles. The zero-order valence-electron chi connectivity index (χ0n) is 17.0. The average molecular weight is 364 g/mol. The van der Waals surface area contributed by atoms with Crippen LogP contribution in [0.25, 0.3) is 0 Å². The molecule has 0 aromatic heterocycles. The Morgan fingerprint density at radius 3 is 2.31 bits per heavy atom. The third-order valence-electron chi connectivity index (χ3n) is 4.55. The highest BCUT2D eigenvalue weighted by molar-refractivity contribution is 5.69. The predicted octanol–water partition coefficient (Wildman–Crippen LogP) is 3.79. The molecule has 146 valence electrons. The van der Waals surface area contributed by atoms with Crippen molar-refractivity contribution in [3.05, 3.63) is 18.2 Å². The van der Waals surface area contributed by atoms with Crippen molar-refractivity contribution in [1.82, 2.24) is 4.90 Å². The monoisotopic (exact) mass is 364 g/mol. The van der Waals surface area contributed by atoms with E-state index in [0.717, 1.165) is 18.8 Å². The summed E-state index contributed by atoms with van der Waals surface area (Å²) < 4.78 is 16.3. The molecule has 1 heterocycles. The molecule has 1 fully saturated rings. The maximum absolute atomic E-state index is 12.6. The van der Waals surface area contributed by atoms with Gasteiger partial charge in [-0.2, -0.15) is 0 Å². The van der Waals surface area contributed by atoms with E-state index in [9.17, 15) is 4.79 Å². The molecule has 1 atom stereocenters. The summed E-state index contributed by atoms with van der Waals surface area (Å²) in [4.78, 5) is 16.8. The van der Waals surface area contributed by atoms with Crippen molar-refractivity contribution in [1.29, 1.82) is 0 Å². The lowest BCUT2D eigenvalue weighted by Gasteiger charge is -2.44. The number of amides is 1. The maximum atomic E-state index is 12.6. The minimum atomic E-state index is -0.487. The molecule has 1 saturated heterocycles. The van der Waals surface area contributed by atoms with Gasteiger partial charge < -0.3 is 24.0 Å². The predicted molar refractivity (Wildman–Crippen MR) is 103 cm³/mol. The van der Waals surface area contributed by atoms with Gasteiger partial charge >= 0.3 is 6.09 Å². The van der Waals surface area contributed by atoms with Crippen LogP contribution in [0.3, 0.4) is 0 Å². The lowest BCUT2D eigenvalue weighted by Crippen LogP contribution is -2.58. The lowest BCUT2D eigenvalue weighted by atomic mass is 9.99. The van der Waals surface area contributed by atoms with E-state index < -0.39 is 5.60 Å². The van der Waals surface area contributed by atoms with Gasteiger partial charge in [0.1, 0.15) is 5.60 Å². The van der Waals surface area contributed by atoms with Gasteiger partial charge in [0.2, 0.25) is 0 Å². The smallest absolute Gasteiger partial charge is 0.410 e. The van der Waals surface area contributed by atoms with Crippen LogP contribution in [-0.2, 0) is 4.74 Å². The van der Waals surface area contributed by atoms with Gasteiger partial charge in [0.15, 0.2) is 11.5 Å². The van der Waals surface area contributed by atoms with Gasteiger partial charge in [-0.25, -0.2) is 4.79 Å². The van der Waals surface area contributed by atoms with E-state index in [0.29, 0.717) is 24.0 Å². The number of ether oxygens (including phenoxy) is 3. The van der Waals surface area contributed by atoms with Crippen LogP contribution >= 0.6 is 0 Å². The second-order valence-corrected chi connectivity index (χ2v) is 7.97. The Hall–Kier alpha value is -2.11. The molecular formula is C20H32N2O4. The normalized spacial score (nSPS) is 18.1. The van der Waals surface area contributed by atoms with Crippen molar-refractivity contribution in [2.24, 2.45) is 5.92 Å². The molecule has 0 unspecified atom stereocenters. The highest BCUT2D eigenvalue weighted by Crippen LogP contribution is 2.33. The van der Waals surface area contributed by atoms with Crippen molar-refractivity contribution in [2.75, 3.05) is 38.8 Å². The molecule has 0 spiro atoms. The average Bonchev–Trinajstić information content (AvgIpc) is 2.59. The number of carbonyl (C=O) groups is 1. The first-order valence-electron chi connectivity index (χ1n) is 9.13. The summed E-state index contributed by atoms with van der Waals surface area (Å²) in [5, 5.41) is 0. The van der Waals surface area contributed by atoms with E-state index in [4.69, 9.17) is 14.2 Å². The van der Waals surface area contributed by atoms with Gasteiger partial charge in [0, 0.05) is 31.4 Å². The number of piperazine rings is 1. The van der Waals surface area contributed by atoms with E-state index in [1.165, 1.54) is 0 Å². The molecule has 0 aliphatic carbocycles. The summed E-state index contributed by atoms with van der Waals surface area (Å²) in [6.45, 7) is 12.1. The number of hydrogen-bond donors (Lipinski definition) is 0. The van der Waals surface area contributed by atoms with Crippen LogP contribution in [0.5, 0.6) is 11.5 Å². The molecule has 6 heteroatoms. The van der Waals surface area contributed by atoms with Crippen molar-refractivity contribution >= 4 is 11.8 Å². The Bertz CT molecular complexity index is 625. The Morgan fingerprint density at radius 2 is 1.77 bits per heavy atom. The van der Waals surface area contributed by atoms with Gasteiger partial charge in [-0.15, -0.1) is 0 Å². The van der Waals surface area contributed by atoms with Crippen molar-refractivity contribution in [3.8, 4) is 11.5 Å². The van der Waals surface area contributed by atoms with Crippen LogP contribution in [0, 0.1) is 5.92 Å². The summed E-state index contributed by atoms with van der Waals surface area (Å²) in [6.07, 6.45) is -0.233. The number of anilines is 1. The van der Waals surface area contributed by atoms with Crippen molar-refractivity contribution < 1.29 is 19.0 Å². The molecule has 0 radical (unpaired) electrons. The van der Waals surface area contributed by atoms with Crippen molar-refractivity contribution in [3.63, 3.8) is 0 Å². The van der Waals surface area contributed by atoms with E-state index in [2.05, 4.69) is 18.7 Å². The summed E-state index contributed by atoms with van der Waals surface area (Å²) in [5.74, 6) is 1.75. The first kappa shape index (κ1) is 20.2. The maximum Gasteiger partial charge on any atom is 0.410 e. The van der Waals surface area contributed by atoms with Crippen LogP contribution in [0.1, 0.15) is 34.6 Å². The van der Waals surface area contributed by atoms with Crippen LogP contribution in [-0.4, -0.2) is 56.5 Å². The van der Waals surface area contributed by atoms with Crippen molar-refractivity contribution in [2.45, 2.75) is 46.3 Å². The van der Waals surface area contributed by atoms with E-state index in [1.807, 2.05) is 43.9 Å². The number of rotatable bonds is 4. The molecular weight excluding hydrogens is 332 g/mol. The Labute approximate surface area is 157 Å². The summed E-state index contributed by atoms with van der Waals surface area (Å²) in [7, 11) is 3.27. The zero-order valence-corrected chi connectivity index (χ0v) is 17.0. The largest absolute Gasteiger partial charge is 0.493 e. The first-order valence-corrected chi connectivity index (χ1v) is 9.13. The SMILES string of the molecule is COc1ccc(N2CCN(C(=O)OC(C)(C)C)[C@H](C(C)C)C2)cc1OC. The molecule has 2 rings (SSSR count). The molecule has 0 saturated carbocycles. The van der Waals surface area contributed by atoms with Gasteiger partial charge in [-0.3, -0.25) is 0 Å². The Balaban J connectivity index is 2.18. The van der Waals surface area contributed by atoms with E-state index in [-0.39, 0.29) is 12.1 Å². The highest BCUT2D eigenvalue weighted by Gasteiger charge is 2.35. The summed E-state index contributed by atoms with van der Waals surface area (Å²) in [5.41, 5.74) is 0.580. The van der Waals surface area contributed by atoms with Gasteiger partial charge in [0.25, 0.3) is 0 Å². The molecule has 1 aromatic carbocycles. The minimum Gasteiger partial charge on any atom is -0.493 e. The molecule has 0 N–H and O–H groups in total. The topological polar surface area (TPSA) is 51.2 Å². The number of hydrogen-bond acceptors (Lipinski definition) is 5. The fourth-order valence-electron chi connectivity index (χ4n) is 3.18. The summed E-state index contributed by atoms with van der Waals surface area (Å²) >= 11 is 0. The summed E-state index contributed by atoms with van der Waals surface area (Å²) in [6, 6.07) is 6.02. The fourth-order valence-corrected chi connectivity index (χ4v) is 3.18. The Kier molecular flexibility index (Phi) is 6.26. The third-order valence-corrected chi connectivity index (χ3v) is 4.55. The first-order chi connectivity index (χ1) is 12.2. The van der Waals surface area contributed by atoms with E-state index >= 15 is 0 Å². The number of methoxy groups -OCH3 is 2. The third kappa shape index (κ3) is 4.74. The second-order valence-electron chi connectivity index (χ2n) is 7.97. The van der Waals surface area contributed by atoms with Gasteiger partial charge in [-0.1, -0.05) is 13.8 Å². The molecule has 1 aromatic rings. The molecule has 1 aliphatic rings. The molecule has 26 heavy (non-hydrogen) atoms. The lowest BCUT2D eigenvalue weighted by molar-refractivity contribution is 0.00883. The number of carbonyl (C=O) groups excluding carboxylic acids is 1. The quantitative estimate of drug-likeness (QED) is 0.814. The fraction of sp³-hybridized carbons (Fsp3) is 0.650. The molecule has 1 amide bonds. The van der Waals surface area contributed by atoms with Crippen LogP contribution < -0.4 is 14.4 Å². The van der Waals surface area contributed by atoms with Crippen LogP contribution in [0.4, 0.5) is 10.5 Å². The van der Waals surface area contributed by atoms with Gasteiger partial charge in [0.05, 0.1) is 20.3 Å². The standard InChI is InChI=1S/C20H32N2O4/c1-14(2)16-13-21(10-11-22(16)19(23)26-20(3,4)5)15-8-9-17(24-6)18(12-15)25-7/h8-9,12,14,16H,10-11,13H2,1-7H3/t16-/m0/s1. The Morgan fingerprint density at radius 1 is 1.12 bits per heavy atom. The molecule has 0 bridgehead atoms. The van der Waals surface area contributed by atoms with Gasteiger partial charge in [-0.05, 0) is 38.8 Å².